The van der Waals surface area contributed by atoms with Gasteiger partial charge in [0.2, 0.25) is 0 Å². The van der Waals surface area contributed by atoms with Crippen molar-refractivity contribution >= 4 is 21.7 Å². The predicted molar refractivity (Wildman–Crippen MR) is 70.4 cm³/mol. The van der Waals surface area contributed by atoms with Crippen molar-refractivity contribution in [2.24, 2.45) is 11.7 Å². The number of rotatable bonds is 2. The van der Waals surface area contributed by atoms with Crippen LogP contribution >= 0.6 is 15.9 Å². The lowest BCUT2D eigenvalue weighted by Gasteiger charge is -2.33. The van der Waals surface area contributed by atoms with E-state index in [2.05, 4.69) is 38.8 Å². The van der Waals surface area contributed by atoms with Crippen molar-refractivity contribution in [1.29, 1.82) is 0 Å². The molecule has 1 aliphatic heterocycles. The molecule has 0 aromatic carbocycles. The maximum atomic E-state index is 5.77. The van der Waals surface area contributed by atoms with Gasteiger partial charge in [0.25, 0.3) is 0 Å². The van der Waals surface area contributed by atoms with E-state index in [1.54, 1.807) is 0 Å². The van der Waals surface area contributed by atoms with Crippen LogP contribution in [-0.4, -0.2) is 18.1 Å². The molecule has 0 saturated carbocycles. The molecule has 1 saturated heterocycles. The van der Waals surface area contributed by atoms with Crippen molar-refractivity contribution in [2.75, 3.05) is 18.0 Å². The van der Waals surface area contributed by atoms with E-state index in [-0.39, 0.29) is 0 Å². The summed E-state index contributed by atoms with van der Waals surface area (Å²) in [6.07, 6.45) is 4.43. The Morgan fingerprint density at radius 1 is 1.62 bits per heavy atom. The first-order chi connectivity index (χ1) is 7.70. The predicted octanol–water partition coefficient (Wildman–Crippen LogP) is 2.54. The van der Waals surface area contributed by atoms with Gasteiger partial charge in [0, 0.05) is 35.9 Å². The van der Waals surface area contributed by atoms with Gasteiger partial charge >= 0.3 is 0 Å². The van der Waals surface area contributed by atoms with Gasteiger partial charge in [-0.2, -0.15) is 0 Å². The number of nitrogens with zero attached hydrogens (tertiary/aromatic N) is 2. The highest BCUT2D eigenvalue weighted by atomic mass is 79.9. The molecule has 0 bridgehead atoms. The Balaban J connectivity index is 2.24. The van der Waals surface area contributed by atoms with Crippen LogP contribution in [0.5, 0.6) is 0 Å². The van der Waals surface area contributed by atoms with Crippen LogP contribution in [0.25, 0.3) is 0 Å². The van der Waals surface area contributed by atoms with Crippen LogP contribution in [0.15, 0.2) is 16.7 Å². The molecule has 2 N–H and O–H groups in total. The van der Waals surface area contributed by atoms with E-state index in [0.29, 0.717) is 6.54 Å². The summed E-state index contributed by atoms with van der Waals surface area (Å²) in [5.74, 6) is 1.82. The highest BCUT2D eigenvalue weighted by Crippen LogP contribution is 2.25. The average molecular weight is 284 g/mol. The van der Waals surface area contributed by atoms with Gasteiger partial charge in [-0.25, -0.2) is 4.98 Å². The Hall–Kier alpha value is -0.610. The molecule has 1 unspecified atom stereocenters. The highest BCUT2D eigenvalue weighted by molar-refractivity contribution is 9.10. The maximum Gasteiger partial charge on any atom is 0.133 e. The molecule has 1 aliphatic rings. The lowest BCUT2D eigenvalue weighted by Crippen LogP contribution is -2.35. The molecule has 1 fully saturated rings. The minimum Gasteiger partial charge on any atom is -0.356 e. The molecule has 2 rings (SSSR count). The number of anilines is 1. The Labute approximate surface area is 105 Å². The van der Waals surface area contributed by atoms with Crippen molar-refractivity contribution < 1.29 is 0 Å². The summed E-state index contributed by atoms with van der Waals surface area (Å²) in [7, 11) is 0. The highest BCUT2D eigenvalue weighted by Gasteiger charge is 2.19. The summed E-state index contributed by atoms with van der Waals surface area (Å²) in [5.41, 5.74) is 6.90. The van der Waals surface area contributed by atoms with E-state index >= 15 is 0 Å². The molecule has 1 atom stereocenters. The Morgan fingerprint density at radius 3 is 3.12 bits per heavy atom. The van der Waals surface area contributed by atoms with Crippen LogP contribution in [0.1, 0.15) is 25.3 Å². The second kappa shape index (κ2) is 5.15. The molecule has 0 radical (unpaired) electrons. The van der Waals surface area contributed by atoms with Crippen LogP contribution in [0, 0.1) is 5.92 Å². The summed E-state index contributed by atoms with van der Waals surface area (Å²) in [6, 6.07) is 2.07. The summed E-state index contributed by atoms with van der Waals surface area (Å²) in [6.45, 7) is 5.05. The minimum atomic E-state index is 0.548. The molecule has 1 aromatic heterocycles. The molecular formula is C12H18BrN3. The summed E-state index contributed by atoms with van der Waals surface area (Å²) < 4.78 is 1.00. The van der Waals surface area contributed by atoms with Gasteiger partial charge in [-0.3, -0.25) is 0 Å². The van der Waals surface area contributed by atoms with Crippen LogP contribution in [-0.2, 0) is 6.54 Å². The SMILES string of the molecule is CC1CCCN(c2ncc(Br)cc2CN)C1. The first kappa shape index (κ1) is 11.9. The standard InChI is InChI=1S/C12H18BrN3/c1-9-3-2-4-16(8-9)12-10(6-14)5-11(13)7-15-12/h5,7,9H,2-4,6,8,14H2,1H3. The topological polar surface area (TPSA) is 42.2 Å². The monoisotopic (exact) mass is 283 g/mol. The van der Waals surface area contributed by atoms with Gasteiger partial charge in [0.05, 0.1) is 0 Å². The van der Waals surface area contributed by atoms with E-state index in [4.69, 9.17) is 5.73 Å². The summed E-state index contributed by atoms with van der Waals surface area (Å²) >= 11 is 3.44. The Morgan fingerprint density at radius 2 is 2.44 bits per heavy atom. The van der Waals surface area contributed by atoms with Crippen LogP contribution < -0.4 is 10.6 Å². The molecule has 0 aliphatic carbocycles. The second-order valence-corrected chi connectivity index (χ2v) is 5.45. The van der Waals surface area contributed by atoms with Crippen molar-refractivity contribution in [3.05, 3.63) is 22.3 Å². The normalized spacial score (nSPS) is 21.2. The molecule has 4 heteroatoms. The fourth-order valence-corrected chi connectivity index (χ4v) is 2.67. The van der Waals surface area contributed by atoms with Gasteiger partial charge in [0.1, 0.15) is 5.82 Å². The first-order valence-corrected chi connectivity index (χ1v) is 6.59. The molecule has 2 heterocycles. The zero-order valence-corrected chi connectivity index (χ0v) is 11.2. The van der Waals surface area contributed by atoms with Gasteiger partial charge < -0.3 is 10.6 Å². The summed E-state index contributed by atoms with van der Waals surface area (Å²) in [4.78, 5) is 6.87. The largest absolute Gasteiger partial charge is 0.356 e. The number of halogens is 1. The fraction of sp³-hybridized carbons (Fsp3) is 0.583. The third-order valence-corrected chi connectivity index (χ3v) is 3.52. The van der Waals surface area contributed by atoms with Gasteiger partial charge in [0.15, 0.2) is 0 Å². The first-order valence-electron chi connectivity index (χ1n) is 5.80. The van der Waals surface area contributed by atoms with E-state index in [1.165, 1.54) is 12.8 Å². The van der Waals surface area contributed by atoms with E-state index in [0.717, 1.165) is 34.9 Å². The molecule has 3 nitrogen and oxygen atoms in total. The average Bonchev–Trinajstić information content (AvgIpc) is 2.28. The molecule has 88 valence electrons. The van der Waals surface area contributed by atoms with Gasteiger partial charge in [-0.15, -0.1) is 0 Å². The van der Waals surface area contributed by atoms with E-state index < -0.39 is 0 Å². The molecule has 16 heavy (non-hydrogen) atoms. The zero-order valence-electron chi connectivity index (χ0n) is 9.62. The van der Waals surface area contributed by atoms with Gasteiger partial charge in [-0.1, -0.05) is 6.92 Å². The fourth-order valence-electron chi connectivity index (χ4n) is 2.29. The van der Waals surface area contributed by atoms with Crippen molar-refractivity contribution in [2.45, 2.75) is 26.3 Å². The van der Waals surface area contributed by atoms with Crippen LogP contribution in [0.2, 0.25) is 0 Å². The second-order valence-electron chi connectivity index (χ2n) is 4.53. The van der Waals surface area contributed by atoms with E-state index in [1.807, 2.05) is 6.20 Å². The van der Waals surface area contributed by atoms with Crippen LogP contribution in [0.4, 0.5) is 5.82 Å². The molecule has 1 aromatic rings. The molecule has 0 spiro atoms. The Bertz CT molecular complexity index is 367. The number of aromatic nitrogens is 1. The number of hydrogen-bond acceptors (Lipinski definition) is 3. The summed E-state index contributed by atoms with van der Waals surface area (Å²) in [5, 5.41) is 0. The molecule has 0 amide bonds. The third kappa shape index (κ3) is 2.55. The third-order valence-electron chi connectivity index (χ3n) is 3.09. The quantitative estimate of drug-likeness (QED) is 0.907. The van der Waals surface area contributed by atoms with Crippen molar-refractivity contribution in [3.63, 3.8) is 0 Å². The lowest BCUT2D eigenvalue weighted by molar-refractivity contribution is 0.444. The molecular weight excluding hydrogens is 266 g/mol. The maximum absolute atomic E-state index is 5.77. The minimum absolute atomic E-state index is 0.548. The number of piperidine rings is 1. The zero-order chi connectivity index (χ0) is 11.5. The Kier molecular flexibility index (Phi) is 3.82. The van der Waals surface area contributed by atoms with Crippen molar-refractivity contribution in [3.8, 4) is 0 Å². The van der Waals surface area contributed by atoms with Gasteiger partial charge in [-0.05, 0) is 40.8 Å². The number of hydrogen-bond donors (Lipinski definition) is 1. The lowest BCUT2D eigenvalue weighted by atomic mass is 10.00. The van der Waals surface area contributed by atoms with Crippen LogP contribution in [0.3, 0.4) is 0 Å². The number of nitrogens with two attached hydrogens (primary N) is 1. The smallest absolute Gasteiger partial charge is 0.133 e. The number of pyridine rings is 1. The van der Waals surface area contributed by atoms with E-state index in [9.17, 15) is 0 Å². The van der Waals surface area contributed by atoms with Crippen molar-refractivity contribution in [1.82, 2.24) is 4.98 Å².